The number of carboxylic acid groups (broad SMARTS) is 1. The summed E-state index contributed by atoms with van der Waals surface area (Å²) in [6.07, 6.45) is 7.01. The van der Waals surface area contributed by atoms with Crippen molar-refractivity contribution in [2.24, 2.45) is 0 Å². The number of carboxylic acids is 1. The van der Waals surface area contributed by atoms with Gasteiger partial charge in [-0.3, -0.25) is 9.69 Å². The molecule has 0 aromatic heterocycles. The van der Waals surface area contributed by atoms with E-state index < -0.39 is 18.2 Å². The molecular formula is C15H15NO4S. The highest BCUT2D eigenvalue weighted by Gasteiger charge is 2.54. The van der Waals surface area contributed by atoms with Gasteiger partial charge in [0.25, 0.3) is 0 Å². The summed E-state index contributed by atoms with van der Waals surface area (Å²) >= 11 is 5.31. The molecule has 110 valence electrons. The Morgan fingerprint density at radius 2 is 2.33 bits per heavy atom. The van der Waals surface area contributed by atoms with Crippen LogP contribution in [0.5, 0.6) is 0 Å². The molecule has 0 bridgehead atoms. The molecule has 3 rings (SSSR count). The van der Waals surface area contributed by atoms with Crippen molar-refractivity contribution in [3.05, 3.63) is 35.1 Å². The molecule has 6 heteroatoms. The van der Waals surface area contributed by atoms with Gasteiger partial charge in [-0.2, -0.15) is 0 Å². The van der Waals surface area contributed by atoms with Gasteiger partial charge < -0.3 is 9.84 Å². The maximum absolute atomic E-state index is 11.6. The van der Waals surface area contributed by atoms with E-state index >= 15 is 0 Å². The van der Waals surface area contributed by atoms with Crippen LogP contribution in [0.4, 0.5) is 0 Å². The molecular weight excluding hydrogens is 290 g/mol. The van der Waals surface area contributed by atoms with Crippen LogP contribution in [0.2, 0.25) is 0 Å². The van der Waals surface area contributed by atoms with Gasteiger partial charge in [0.15, 0.2) is 12.3 Å². The summed E-state index contributed by atoms with van der Waals surface area (Å²) in [7, 11) is 0. The van der Waals surface area contributed by atoms with Gasteiger partial charge in [0.2, 0.25) is 5.91 Å². The minimum Gasteiger partial charge on any atom is -0.479 e. The smallest absolute Gasteiger partial charge is 0.334 e. The van der Waals surface area contributed by atoms with E-state index in [0.29, 0.717) is 12.2 Å². The molecule has 0 saturated carbocycles. The molecule has 1 aliphatic carbocycles. The van der Waals surface area contributed by atoms with Crippen molar-refractivity contribution in [3.63, 3.8) is 0 Å². The molecule has 21 heavy (non-hydrogen) atoms. The number of hydrogen-bond acceptors (Lipinski definition) is 4. The van der Waals surface area contributed by atoms with E-state index in [4.69, 9.17) is 17.0 Å². The van der Waals surface area contributed by atoms with Crippen LogP contribution in [-0.2, 0) is 14.3 Å². The van der Waals surface area contributed by atoms with E-state index in [1.807, 2.05) is 25.2 Å². The summed E-state index contributed by atoms with van der Waals surface area (Å²) in [4.78, 5) is 25.2. The average Bonchev–Trinajstić information content (AvgIpc) is 2.74. The highest BCUT2D eigenvalue weighted by atomic mass is 32.1. The molecule has 2 fully saturated rings. The lowest BCUT2D eigenvalue weighted by molar-refractivity contribution is -0.163. The number of carbonyl (C=O) groups is 2. The van der Waals surface area contributed by atoms with Crippen molar-refractivity contribution in [2.75, 3.05) is 0 Å². The minimum absolute atomic E-state index is 0.175. The summed E-state index contributed by atoms with van der Waals surface area (Å²) in [5.41, 5.74) is 1.82. The largest absolute Gasteiger partial charge is 0.479 e. The third kappa shape index (κ3) is 2.29. The molecule has 0 spiro atoms. The zero-order chi connectivity index (χ0) is 15.1. The fourth-order valence-electron chi connectivity index (χ4n) is 2.83. The van der Waals surface area contributed by atoms with Crippen molar-refractivity contribution >= 4 is 29.0 Å². The van der Waals surface area contributed by atoms with Crippen LogP contribution in [0, 0.1) is 0 Å². The number of carbonyl (C=O) groups excluding carboxylic acids is 1. The van der Waals surface area contributed by atoms with Crippen LogP contribution in [-0.4, -0.2) is 39.0 Å². The van der Waals surface area contributed by atoms with Crippen LogP contribution < -0.4 is 0 Å². The number of thiocarbonyl (C=S) groups is 1. The molecule has 2 heterocycles. The Hall–Kier alpha value is -1.95. The van der Waals surface area contributed by atoms with Crippen LogP contribution in [0.3, 0.4) is 0 Å². The number of hydrogen-bond donors (Lipinski definition) is 1. The van der Waals surface area contributed by atoms with Gasteiger partial charge >= 0.3 is 5.97 Å². The second kappa shape index (κ2) is 5.11. The van der Waals surface area contributed by atoms with Gasteiger partial charge in [-0.05, 0) is 24.5 Å². The van der Waals surface area contributed by atoms with Crippen molar-refractivity contribution < 1.29 is 19.4 Å². The third-order valence-corrected chi connectivity index (χ3v) is 4.37. The van der Waals surface area contributed by atoms with Crippen LogP contribution >= 0.6 is 12.2 Å². The third-order valence-electron chi connectivity index (χ3n) is 3.94. The first-order chi connectivity index (χ1) is 9.99. The van der Waals surface area contributed by atoms with Gasteiger partial charge in [0, 0.05) is 11.3 Å². The van der Waals surface area contributed by atoms with Gasteiger partial charge in [-0.25, -0.2) is 4.79 Å². The van der Waals surface area contributed by atoms with Crippen LogP contribution in [0.1, 0.15) is 26.2 Å². The van der Waals surface area contributed by atoms with Crippen molar-refractivity contribution in [1.29, 1.82) is 0 Å². The van der Waals surface area contributed by atoms with Crippen LogP contribution in [0.15, 0.2) is 35.1 Å². The highest BCUT2D eigenvalue weighted by molar-refractivity contribution is 7.80. The quantitative estimate of drug-likeness (QED) is 0.637. The maximum atomic E-state index is 11.6. The van der Waals surface area contributed by atoms with Gasteiger partial charge in [-0.15, -0.1) is 0 Å². The molecule has 0 aromatic rings. The molecule has 1 amide bonds. The van der Waals surface area contributed by atoms with Gasteiger partial charge in [-0.1, -0.05) is 30.4 Å². The lowest BCUT2D eigenvalue weighted by Gasteiger charge is -2.33. The SMILES string of the molecule is CC(CC1=CC=CCC1=S)=C1OC2CC(=O)N2C1C(=O)O. The van der Waals surface area contributed by atoms with Crippen molar-refractivity contribution in [3.8, 4) is 0 Å². The molecule has 2 unspecified atom stereocenters. The summed E-state index contributed by atoms with van der Waals surface area (Å²) in [5.74, 6) is -0.845. The van der Waals surface area contributed by atoms with E-state index in [1.165, 1.54) is 4.90 Å². The predicted octanol–water partition coefficient (Wildman–Crippen LogP) is 1.95. The standard InChI is InChI=1S/C15H15NO4S/c1-8(6-9-4-2-3-5-10(9)21)14-13(15(18)19)16-11(17)7-12(16)20-14/h2-4,12-13H,5-7H2,1H3,(H,18,19). The Morgan fingerprint density at radius 3 is 2.95 bits per heavy atom. The molecule has 0 radical (unpaired) electrons. The molecule has 3 aliphatic rings. The van der Waals surface area contributed by atoms with E-state index in [1.54, 1.807) is 0 Å². The number of ether oxygens (including phenoxy) is 1. The Kier molecular flexibility index (Phi) is 3.41. The number of fused-ring (bicyclic) bond motifs is 1. The van der Waals surface area contributed by atoms with Gasteiger partial charge in [0.05, 0.1) is 6.42 Å². The highest BCUT2D eigenvalue weighted by Crippen LogP contribution is 2.39. The molecule has 2 saturated heterocycles. The Bertz CT molecular complexity index is 632. The lowest BCUT2D eigenvalue weighted by atomic mass is 9.96. The maximum Gasteiger partial charge on any atom is 0.334 e. The fourth-order valence-corrected chi connectivity index (χ4v) is 3.06. The first kappa shape index (κ1) is 14.0. The average molecular weight is 305 g/mol. The van der Waals surface area contributed by atoms with E-state index in [-0.39, 0.29) is 12.3 Å². The number of nitrogens with zero attached hydrogens (tertiary/aromatic N) is 1. The van der Waals surface area contributed by atoms with E-state index in [2.05, 4.69) is 0 Å². The fraction of sp³-hybridized carbons (Fsp3) is 0.400. The molecule has 1 N–H and O–H groups in total. The Morgan fingerprint density at radius 1 is 1.57 bits per heavy atom. The summed E-state index contributed by atoms with van der Waals surface area (Å²) in [5, 5.41) is 9.37. The summed E-state index contributed by atoms with van der Waals surface area (Å²) in [6, 6.07) is -0.996. The molecule has 2 aliphatic heterocycles. The number of β-lactam (4-membered cyclic amide) rings is 1. The zero-order valence-corrected chi connectivity index (χ0v) is 12.4. The van der Waals surface area contributed by atoms with Crippen molar-refractivity contribution in [2.45, 2.75) is 38.5 Å². The molecule has 5 nitrogen and oxygen atoms in total. The second-order valence-corrected chi connectivity index (χ2v) is 5.88. The van der Waals surface area contributed by atoms with Crippen LogP contribution in [0.25, 0.3) is 0 Å². The minimum atomic E-state index is -1.06. The summed E-state index contributed by atoms with van der Waals surface area (Å²) in [6.45, 7) is 1.84. The monoisotopic (exact) mass is 305 g/mol. The topological polar surface area (TPSA) is 66.8 Å². The Labute approximate surface area is 127 Å². The molecule has 0 aromatic carbocycles. The van der Waals surface area contributed by atoms with Crippen molar-refractivity contribution in [1.82, 2.24) is 4.90 Å². The van der Waals surface area contributed by atoms with E-state index in [9.17, 15) is 14.7 Å². The summed E-state index contributed by atoms with van der Waals surface area (Å²) < 4.78 is 5.66. The first-order valence-corrected chi connectivity index (χ1v) is 7.19. The zero-order valence-electron chi connectivity index (χ0n) is 11.5. The number of amides is 1. The lowest BCUT2D eigenvalue weighted by Crippen LogP contribution is -2.54. The Balaban J connectivity index is 1.88. The normalized spacial score (nSPS) is 29.6. The second-order valence-electron chi connectivity index (χ2n) is 5.39. The number of allylic oxidation sites excluding steroid dienone is 5. The predicted molar refractivity (Wildman–Crippen MR) is 79.5 cm³/mol. The number of rotatable bonds is 3. The number of aliphatic carboxylic acids is 1. The first-order valence-electron chi connectivity index (χ1n) is 6.78. The van der Waals surface area contributed by atoms with Gasteiger partial charge in [0.1, 0.15) is 5.76 Å². The molecule has 2 atom stereocenters. The van der Waals surface area contributed by atoms with E-state index in [0.717, 1.165) is 22.4 Å².